The van der Waals surface area contributed by atoms with E-state index in [2.05, 4.69) is 252 Å². The van der Waals surface area contributed by atoms with Gasteiger partial charge in [-0.15, -0.1) is 0 Å². The zero-order valence-electron chi connectivity index (χ0n) is 35.0. The van der Waals surface area contributed by atoms with Gasteiger partial charge < -0.3 is 9.47 Å². The molecule has 0 amide bonds. The Labute approximate surface area is 372 Å². The summed E-state index contributed by atoms with van der Waals surface area (Å²) >= 11 is 0. The zero-order chi connectivity index (χ0) is 42.1. The number of rotatable bonds is 7. The van der Waals surface area contributed by atoms with Crippen molar-refractivity contribution in [3.05, 3.63) is 243 Å². The Morgan fingerprint density at radius 2 is 0.672 bits per heavy atom. The molecule has 0 atom stereocenters. The summed E-state index contributed by atoms with van der Waals surface area (Å²) in [6, 6.07) is 88.9. The third kappa shape index (κ3) is 5.95. The molecule has 2 nitrogen and oxygen atoms in total. The Bertz CT molecular complexity index is 3740. The Balaban J connectivity index is 0.888. The van der Waals surface area contributed by atoms with Gasteiger partial charge in [0.1, 0.15) is 0 Å². The normalized spacial score (nSPS) is 11.8. The van der Waals surface area contributed by atoms with E-state index in [4.69, 9.17) is 0 Å². The highest BCUT2D eigenvalue weighted by atomic mass is 15.1. The van der Waals surface area contributed by atoms with Gasteiger partial charge in [-0.3, -0.25) is 0 Å². The van der Waals surface area contributed by atoms with E-state index in [1.807, 2.05) is 0 Å². The van der Waals surface area contributed by atoms with Crippen LogP contribution in [-0.4, -0.2) is 4.57 Å². The minimum Gasteiger partial charge on any atom is -0.310 e. The largest absolute Gasteiger partial charge is 0.310 e. The molecule has 1 aliphatic rings. The van der Waals surface area contributed by atoms with E-state index in [0.29, 0.717) is 0 Å². The third-order valence-electron chi connectivity index (χ3n) is 13.3. The summed E-state index contributed by atoms with van der Waals surface area (Å²) < 4.78 is 2.37. The second-order valence-corrected chi connectivity index (χ2v) is 17.0. The van der Waals surface area contributed by atoms with Crippen LogP contribution in [0.4, 0.5) is 17.1 Å². The smallest absolute Gasteiger partial charge is 0.0541 e. The number of hydrogen-bond donors (Lipinski definition) is 0. The van der Waals surface area contributed by atoms with Crippen molar-refractivity contribution in [1.82, 2.24) is 4.57 Å². The fourth-order valence-corrected chi connectivity index (χ4v) is 10.1. The standard InChI is InChI=1S/C62H40N2/c1-4-12-41(13-5-1)43-22-28-52(29-23-43)63(53-30-24-44(25-31-53)46-27-33-62-60(38-46)55-18-10-11-19-61(55)64(62)51-16-8-3-9-17-51)54-32-26-48-37-57-56-36-47-21-20-45(42-14-6-2-7-15-42)34-49(47)39-58(56)59(57)40-50(48)35-54/h1-40H. The second-order valence-electron chi connectivity index (χ2n) is 17.0. The van der Waals surface area contributed by atoms with E-state index in [-0.39, 0.29) is 0 Å². The van der Waals surface area contributed by atoms with Gasteiger partial charge in [0.25, 0.3) is 0 Å². The fraction of sp³-hybridized carbons (Fsp3) is 0. The SMILES string of the molecule is c1ccc(-c2ccc(N(c3ccc(-c4ccc5c(c4)c4ccccc4n5-c4ccccc4)cc3)c3ccc4cc5c(cc4c3)-c3cc4cc(-c6ccccc6)ccc4cc3-5)cc2)cc1. The maximum Gasteiger partial charge on any atom is 0.0541 e. The number of benzene rings is 11. The van der Waals surface area contributed by atoms with E-state index in [1.54, 1.807) is 0 Å². The first-order valence-corrected chi connectivity index (χ1v) is 22.1. The van der Waals surface area contributed by atoms with Crippen molar-refractivity contribution < 1.29 is 0 Å². The van der Waals surface area contributed by atoms with Crippen LogP contribution in [0, 0.1) is 0 Å². The van der Waals surface area contributed by atoms with Crippen molar-refractivity contribution in [2.24, 2.45) is 0 Å². The molecular formula is C62H40N2. The second kappa shape index (κ2) is 14.6. The predicted molar refractivity (Wildman–Crippen MR) is 271 cm³/mol. The first kappa shape index (κ1) is 36.2. The molecule has 0 unspecified atom stereocenters. The molecule has 1 heterocycles. The average Bonchev–Trinajstić information content (AvgIpc) is 3.70. The molecule has 11 aromatic carbocycles. The molecule has 0 fully saturated rings. The van der Waals surface area contributed by atoms with Gasteiger partial charge in [-0.25, -0.2) is 0 Å². The number of aromatic nitrogens is 1. The highest BCUT2D eigenvalue weighted by molar-refractivity contribution is 6.13. The van der Waals surface area contributed by atoms with Gasteiger partial charge in [0, 0.05) is 33.5 Å². The van der Waals surface area contributed by atoms with E-state index >= 15 is 0 Å². The summed E-state index contributed by atoms with van der Waals surface area (Å²) in [7, 11) is 0. The molecule has 0 saturated carbocycles. The van der Waals surface area contributed by atoms with Gasteiger partial charge in [-0.2, -0.15) is 0 Å². The van der Waals surface area contributed by atoms with Crippen LogP contribution >= 0.6 is 0 Å². The minimum absolute atomic E-state index is 1.10. The van der Waals surface area contributed by atoms with Crippen LogP contribution in [-0.2, 0) is 0 Å². The number of anilines is 3. The predicted octanol–water partition coefficient (Wildman–Crippen LogP) is 17.2. The Morgan fingerprint density at radius 3 is 1.31 bits per heavy atom. The van der Waals surface area contributed by atoms with Gasteiger partial charge in [0.15, 0.2) is 0 Å². The summed E-state index contributed by atoms with van der Waals surface area (Å²) in [5.41, 5.74) is 19.5. The van der Waals surface area contributed by atoms with Crippen molar-refractivity contribution in [3.63, 3.8) is 0 Å². The molecule has 298 valence electrons. The number of nitrogens with zero attached hydrogens (tertiary/aromatic N) is 2. The summed E-state index contributed by atoms with van der Waals surface area (Å²) in [5.74, 6) is 0. The number of para-hydroxylation sites is 2. The van der Waals surface area contributed by atoms with E-state index < -0.39 is 0 Å². The molecule has 64 heavy (non-hydrogen) atoms. The Kier molecular flexibility index (Phi) is 8.25. The van der Waals surface area contributed by atoms with Crippen LogP contribution < -0.4 is 4.90 Å². The monoisotopic (exact) mass is 812 g/mol. The van der Waals surface area contributed by atoms with E-state index in [9.17, 15) is 0 Å². The number of fused-ring (bicyclic) bond motifs is 9. The lowest BCUT2D eigenvalue weighted by Crippen LogP contribution is -2.10. The van der Waals surface area contributed by atoms with Gasteiger partial charge in [0.05, 0.1) is 11.0 Å². The maximum atomic E-state index is 2.40. The molecule has 2 heteroatoms. The summed E-state index contributed by atoms with van der Waals surface area (Å²) in [6.45, 7) is 0. The molecule has 0 N–H and O–H groups in total. The molecule has 0 saturated heterocycles. The Hall–Kier alpha value is -8.46. The van der Waals surface area contributed by atoms with E-state index in [0.717, 1.165) is 17.1 Å². The van der Waals surface area contributed by atoms with Gasteiger partial charge in [0.2, 0.25) is 0 Å². The van der Waals surface area contributed by atoms with Crippen LogP contribution in [0.3, 0.4) is 0 Å². The highest BCUT2D eigenvalue weighted by Crippen LogP contribution is 2.51. The van der Waals surface area contributed by atoms with Gasteiger partial charge >= 0.3 is 0 Å². The molecular weight excluding hydrogens is 773 g/mol. The van der Waals surface area contributed by atoms with Crippen LogP contribution in [0.15, 0.2) is 243 Å². The van der Waals surface area contributed by atoms with E-state index in [1.165, 1.54) is 105 Å². The molecule has 12 aromatic rings. The summed E-state index contributed by atoms with van der Waals surface area (Å²) in [4.78, 5) is 2.39. The number of hydrogen-bond acceptors (Lipinski definition) is 1. The highest BCUT2D eigenvalue weighted by Gasteiger charge is 2.25. The fourth-order valence-electron chi connectivity index (χ4n) is 10.1. The minimum atomic E-state index is 1.10. The lowest BCUT2D eigenvalue weighted by molar-refractivity contribution is 1.18. The van der Waals surface area contributed by atoms with Crippen molar-refractivity contribution in [3.8, 4) is 61.3 Å². The molecule has 13 rings (SSSR count). The quantitative estimate of drug-likeness (QED) is 0.156. The van der Waals surface area contributed by atoms with Crippen LogP contribution in [0.5, 0.6) is 0 Å². The molecule has 1 aromatic heterocycles. The van der Waals surface area contributed by atoms with Crippen LogP contribution in [0.1, 0.15) is 0 Å². The lowest BCUT2D eigenvalue weighted by Gasteiger charge is -2.28. The molecule has 0 radical (unpaired) electrons. The molecule has 0 bridgehead atoms. The summed E-state index contributed by atoms with van der Waals surface area (Å²) in [6.07, 6.45) is 0. The lowest BCUT2D eigenvalue weighted by atomic mass is 9.77. The first-order valence-electron chi connectivity index (χ1n) is 22.1. The van der Waals surface area contributed by atoms with Gasteiger partial charge in [-0.1, -0.05) is 146 Å². The topological polar surface area (TPSA) is 8.17 Å². The average molecular weight is 813 g/mol. The first-order chi connectivity index (χ1) is 31.7. The maximum absolute atomic E-state index is 2.40. The Morgan fingerprint density at radius 1 is 0.250 bits per heavy atom. The van der Waals surface area contributed by atoms with Crippen LogP contribution in [0.25, 0.3) is 105 Å². The van der Waals surface area contributed by atoms with Crippen molar-refractivity contribution >= 4 is 60.4 Å². The molecule has 0 spiro atoms. The van der Waals surface area contributed by atoms with Crippen LogP contribution in [0.2, 0.25) is 0 Å². The van der Waals surface area contributed by atoms with Crippen molar-refractivity contribution in [1.29, 1.82) is 0 Å². The van der Waals surface area contributed by atoms with Gasteiger partial charge in [-0.05, 0) is 174 Å². The van der Waals surface area contributed by atoms with Crippen molar-refractivity contribution in [2.75, 3.05) is 4.90 Å². The summed E-state index contributed by atoms with van der Waals surface area (Å²) in [5, 5.41) is 7.52. The molecule has 1 aliphatic carbocycles. The third-order valence-corrected chi connectivity index (χ3v) is 13.3. The van der Waals surface area contributed by atoms with Crippen molar-refractivity contribution in [2.45, 2.75) is 0 Å². The molecule has 0 aliphatic heterocycles. The zero-order valence-corrected chi connectivity index (χ0v) is 35.0.